The molecular formula is C15H29NO. The lowest BCUT2D eigenvalue weighted by atomic mass is 9.98. The van der Waals surface area contributed by atoms with E-state index in [1.807, 2.05) is 0 Å². The molecule has 1 atom stereocenters. The van der Waals surface area contributed by atoms with E-state index in [2.05, 4.69) is 12.2 Å². The second-order valence-electron chi connectivity index (χ2n) is 5.44. The second kappa shape index (κ2) is 9.49. The summed E-state index contributed by atoms with van der Waals surface area (Å²) in [6.45, 7) is 2.27. The molecule has 1 fully saturated rings. The summed E-state index contributed by atoms with van der Waals surface area (Å²) in [4.78, 5) is 10.7. The maximum absolute atomic E-state index is 10.7. The molecule has 0 aliphatic carbocycles. The zero-order chi connectivity index (χ0) is 12.3. The first-order valence-corrected chi connectivity index (χ1v) is 7.62. The molecule has 2 heteroatoms. The van der Waals surface area contributed by atoms with Crippen LogP contribution in [0, 0.1) is 0 Å². The Balaban J connectivity index is 1.68. The predicted molar refractivity (Wildman–Crippen MR) is 73.0 cm³/mol. The van der Waals surface area contributed by atoms with E-state index in [1.54, 1.807) is 0 Å². The van der Waals surface area contributed by atoms with Crippen LogP contribution in [0.2, 0.25) is 0 Å². The number of nitrogens with one attached hydrogen (secondary N) is 1. The molecule has 17 heavy (non-hydrogen) atoms. The fraction of sp³-hybridized carbons (Fsp3) is 0.933. The molecule has 1 aliphatic heterocycles. The lowest BCUT2D eigenvalue weighted by Gasteiger charge is -2.26. The molecule has 0 aromatic heterocycles. The monoisotopic (exact) mass is 239 g/mol. The molecule has 1 rings (SSSR count). The summed E-state index contributed by atoms with van der Waals surface area (Å²) in [5.74, 6) is 0.238. The predicted octanol–water partition coefficient (Wildman–Crippen LogP) is 4.19. The Morgan fingerprint density at radius 1 is 0.941 bits per heavy atom. The van der Waals surface area contributed by atoms with Gasteiger partial charge in [-0.15, -0.1) is 0 Å². The molecule has 1 aliphatic rings. The van der Waals surface area contributed by atoms with Crippen molar-refractivity contribution in [1.82, 2.24) is 5.32 Å². The third-order valence-electron chi connectivity index (χ3n) is 3.70. The number of hydrogen-bond donors (Lipinski definition) is 1. The minimum Gasteiger partial charge on any atom is -0.353 e. The van der Waals surface area contributed by atoms with E-state index in [0.29, 0.717) is 6.04 Å². The molecule has 0 spiro atoms. The van der Waals surface area contributed by atoms with E-state index in [9.17, 15) is 4.79 Å². The van der Waals surface area contributed by atoms with Crippen molar-refractivity contribution in [3.05, 3.63) is 0 Å². The average molecular weight is 239 g/mol. The molecule has 0 bridgehead atoms. The Hall–Kier alpha value is -0.530. The fourth-order valence-electron chi connectivity index (χ4n) is 2.48. The Labute approximate surface area is 107 Å². The Morgan fingerprint density at radius 3 is 1.88 bits per heavy atom. The van der Waals surface area contributed by atoms with Crippen LogP contribution in [0.1, 0.15) is 84.0 Å². The average Bonchev–Trinajstić information content (AvgIpc) is 2.29. The van der Waals surface area contributed by atoms with Crippen molar-refractivity contribution in [2.75, 3.05) is 0 Å². The second-order valence-corrected chi connectivity index (χ2v) is 5.44. The highest BCUT2D eigenvalue weighted by molar-refractivity contribution is 5.82. The van der Waals surface area contributed by atoms with Gasteiger partial charge in [-0.05, 0) is 6.42 Å². The molecule has 1 amide bonds. The first-order valence-electron chi connectivity index (χ1n) is 7.62. The van der Waals surface area contributed by atoms with Gasteiger partial charge >= 0.3 is 0 Å². The van der Waals surface area contributed by atoms with Crippen LogP contribution < -0.4 is 5.32 Å². The summed E-state index contributed by atoms with van der Waals surface area (Å²) >= 11 is 0. The van der Waals surface area contributed by atoms with Gasteiger partial charge in [-0.3, -0.25) is 4.79 Å². The zero-order valence-electron chi connectivity index (χ0n) is 11.5. The standard InChI is InChI=1S/C15H29NO/c1-2-3-4-5-6-7-8-9-10-11-12-14-13-15(17)16-14/h14H,2-13H2,1H3,(H,16,17). The van der Waals surface area contributed by atoms with Crippen LogP contribution in [-0.4, -0.2) is 11.9 Å². The number of β-lactam (4-membered cyclic amide) rings is 1. The van der Waals surface area contributed by atoms with E-state index in [4.69, 9.17) is 0 Å². The van der Waals surface area contributed by atoms with Gasteiger partial charge in [0.15, 0.2) is 0 Å². The van der Waals surface area contributed by atoms with Gasteiger partial charge in [0.25, 0.3) is 0 Å². The highest BCUT2D eigenvalue weighted by Gasteiger charge is 2.23. The van der Waals surface area contributed by atoms with Crippen LogP contribution in [-0.2, 0) is 4.79 Å². The van der Waals surface area contributed by atoms with Crippen LogP contribution in [0.3, 0.4) is 0 Å². The smallest absolute Gasteiger partial charge is 0.222 e. The molecular weight excluding hydrogens is 210 g/mol. The molecule has 0 aromatic carbocycles. The van der Waals surface area contributed by atoms with E-state index < -0.39 is 0 Å². The Kier molecular flexibility index (Phi) is 8.12. The largest absolute Gasteiger partial charge is 0.353 e. The molecule has 0 aromatic rings. The van der Waals surface area contributed by atoms with Crippen molar-refractivity contribution in [1.29, 1.82) is 0 Å². The Morgan fingerprint density at radius 2 is 1.41 bits per heavy atom. The first kappa shape index (κ1) is 14.5. The molecule has 1 heterocycles. The van der Waals surface area contributed by atoms with Crippen molar-refractivity contribution < 1.29 is 4.79 Å². The van der Waals surface area contributed by atoms with Gasteiger partial charge in [0.1, 0.15) is 0 Å². The minimum atomic E-state index is 0.238. The number of hydrogen-bond acceptors (Lipinski definition) is 1. The van der Waals surface area contributed by atoms with Gasteiger partial charge in [-0.25, -0.2) is 0 Å². The van der Waals surface area contributed by atoms with Crippen molar-refractivity contribution in [3.63, 3.8) is 0 Å². The van der Waals surface area contributed by atoms with Crippen LogP contribution in [0.5, 0.6) is 0 Å². The van der Waals surface area contributed by atoms with Crippen molar-refractivity contribution in [2.45, 2.75) is 90.0 Å². The topological polar surface area (TPSA) is 29.1 Å². The van der Waals surface area contributed by atoms with Crippen molar-refractivity contribution in [3.8, 4) is 0 Å². The first-order chi connectivity index (χ1) is 8.33. The quantitative estimate of drug-likeness (QED) is 0.425. The molecule has 0 saturated carbocycles. The van der Waals surface area contributed by atoms with E-state index in [-0.39, 0.29) is 5.91 Å². The van der Waals surface area contributed by atoms with Crippen molar-refractivity contribution >= 4 is 5.91 Å². The van der Waals surface area contributed by atoms with Gasteiger partial charge in [-0.1, -0.05) is 71.1 Å². The van der Waals surface area contributed by atoms with Gasteiger partial charge in [0, 0.05) is 12.5 Å². The lowest BCUT2D eigenvalue weighted by Crippen LogP contribution is -2.48. The summed E-state index contributed by atoms with van der Waals surface area (Å²) in [6.07, 6.45) is 15.9. The zero-order valence-corrected chi connectivity index (χ0v) is 11.5. The maximum Gasteiger partial charge on any atom is 0.222 e. The van der Waals surface area contributed by atoms with Crippen LogP contribution >= 0.6 is 0 Å². The SMILES string of the molecule is CCCCCCCCCCCCC1CC(=O)N1. The lowest BCUT2D eigenvalue weighted by molar-refractivity contribution is -0.128. The minimum absolute atomic E-state index is 0.238. The molecule has 1 unspecified atom stereocenters. The number of unbranched alkanes of at least 4 members (excludes halogenated alkanes) is 9. The maximum atomic E-state index is 10.7. The molecule has 0 radical (unpaired) electrons. The number of carbonyl (C=O) groups is 1. The van der Waals surface area contributed by atoms with E-state index in [0.717, 1.165) is 6.42 Å². The Bertz CT molecular complexity index is 195. The molecule has 2 nitrogen and oxygen atoms in total. The summed E-state index contributed by atoms with van der Waals surface area (Å²) in [7, 11) is 0. The normalized spacial score (nSPS) is 18.9. The summed E-state index contributed by atoms with van der Waals surface area (Å²) < 4.78 is 0. The van der Waals surface area contributed by atoms with E-state index >= 15 is 0 Å². The number of rotatable bonds is 11. The number of amides is 1. The highest BCUT2D eigenvalue weighted by Crippen LogP contribution is 2.15. The third-order valence-corrected chi connectivity index (χ3v) is 3.70. The summed E-state index contributed by atoms with van der Waals surface area (Å²) in [6, 6.07) is 0.511. The van der Waals surface area contributed by atoms with Crippen LogP contribution in [0.15, 0.2) is 0 Å². The van der Waals surface area contributed by atoms with Gasteiger partial charge < -0.3 is 5.32 Å². The van der Waals surface area contributed by atoms with Gasteiger partial charge in [0.05, 0.1) is 0 Å². The van der Waals surface area contributed by atoms with Crippen molar-refractivity contribution in [2.24, 2.45) is 0 Å². The molecule has 1 N–H and O–H groups in total. The number of carbonyl (C=O) groups excluding carboxylic acids is 1. The fourth-order valence-corrected chi connectivity index (χ4v) is 2.48. The molecule has 1 saturated heterocycles. The van der Waals surface area contributed by atoms with E-state index in [1.165, 1.54) is 70.6 Å². The summed E-state index contributed by atoms with van der Waals surface area (Å²) in [5, 5.41) is 2.93. The third kappa shape index (κ3) is 7.40. The van der Waals surface area contributed by atoms with Crippen LogP contribution in [0.4, 0.5) is 0 Å². The van der Waals surface area contributed by atoms with Gasteiger partial charge in [0.2, 0.25) is 5.91 Å². The van der Waals surface area contributed by atoms with Gasteiger partial charge in [-0.2, -0.15) is 0 Å². The molecule has 100 valence electrons. The summed E-state index contributed by atoms with van der Waals surface area (Å²) in [5.41, 5.74) is 0. The van der Waals surface area contributed by atoms with Crippen LogP contribution in [0.25, 0.3) is 0 Å². The highest BCUT2D eigenvalue weighted by atomic mass is 16.2.